The van der Waals surface area contributed by atoms with Crippen LogP contribution in [0.3, 0.4) is 0 Å². The van der Waals surface area contributed by atoms with Gasteiger partial charge in [-0.2, -0.15) is 0 Å². The fourth-order valence-corrected chi connectivity index (χ4v) is 3.73. The van der Waals surface area contributed by atoms with E-state index < -0.39 is 0 Å². The Morgan fingerprint density at radius 1 is 1.19 bits per heavy atom. The fraction of sp³-hybridized carbons (Fsp3) is 0.786. The van der Waals surface area contributed by atoms with Crippen LogP contribution in [0.5, 0.6) is 0 Å². The summed E-state index contributed by atoms with van der Waals surface area (Å²) in [6, 6.07) is 0. The van der Waals surface area contributed by atoms with Crippen molar-refractivity contribution < 1.29 is 4.79 Å². The van der Waals surface area contributed by atoms with Crippen LogP contribution in [-0.4, -0.2) is 30.3 Å². The Kier molecular flexibility index (Phi) is 2.62. The van der Waals surface area contributed by atoms with E-state index in [9.17, 15) is 4.79 Å². The largest absolute Gasteiger partial charge is 0.303 e. The Morgan fingerprint density at radius 3 is 2.62 bits per heavy atom. The lowest BCUT2D eigenvalue weighted by Gasteiger charge is -2.23. The predicted molar refractivity (Wildman–Crippen MR) is 64.2 cm³/mol. The Labute approximate surface area is 97.7 Å². The first kappa shape index (κ1) is 10.5. The van der Waals surface area contributed by atoms with Crippen LogP contribution < -0.4 is 0 Å². The molecule has 0 aromatic rings. The second kappa shape index (κ2) is 3.99. The number of likely N-dealkylation sites (tertiary alicyclic amines) is 1. The van der Waals surface area contributed by atoms with Crippen molar-refractivity contribution in [1.29, 1.82) is 0 Å². The van der Waals surface area contributed by atoms with Crippen LogP contribution in [0, 0.1) is 11.8 Å². The molecule has 0 amide bonds. The minimum absolute atomic E-state index is 0.295. The fourth-order valence-electron chi connectivity index (χ4n) is 3.73. The normalized spacial score (nSPS) is 35.2. The second-order valence-corrected chi connectivity index (χ2v) is 5.62. The van der Waals surface area contributed by atoms with Gasteiger partial charge in [-0.15, -0.1) is 0 Å². The summed E-state index contributed by atoms with van der Waals surface area (Å²) in [5.74, 6) is 1.32. The zero-order chi connectivity index (χ0) is 11.1. The van der Waals surface area contributed by atoms with Crippen molar-refractivity contribution in [3.8, 4) is 0 Å². The third-order valence-electron chi connectivity index (χ3n) is 4.70. The van der Waals surface area contributed by atoms with Crippen LogP contribution in [0.2, 0.25) is 0 Å². The van der Waals surface area contributed by atoms with Crippen LogP contribution in [0.15, 0.2) is 11.1 Å². The third-order valence-corrected chi connectivity index (χ3v) is 4.70. The zero-order valence-electron chi connectivity index (χ0n) is 10.2. The Hall–Kier alpha value is -0.630. The summed E-state index contributed by atoms with van der Waals surface area (Å²) in [5.41, 5.74) is 2.73. The van der Waals surface area contributed by atoms with E-state index >= 15 is 0 Å². The lowest BCUT2D eigenvalue weighted by atomic mass is 9.89. The molecule has 0 aromatic carbocycles. The number of Topliss-reactive ketones (excluding diaryl/α,β-unsaturated/α-hetero) is 1. The van der Waals surface area contributed by atoms with Gasteiger partial charge in [0.05, 0.1) is 0 Å². The van der Waals surface area contributed by atoms with Crippen molar-refractivity contribution in [3.05, 3.63) is 11.1 Å². The molecule has 3 rings (SSSR count). The van der Waals surface area contributed by atoms with Crippen molar-refractivity contribution in [2.75, 3.05) is 19.6 Å². The highest BCUT2D eigenvalue weighted by Gasteiger charge is 2.41. The quantitative estimate of drug-likeness (QED) is 0.711. The summed E-state index contributed by atoms with van der Waals surface area (Å²) in [6.07, 6.45) is 6.12. The van der Waals surface area contributed by atoms with Crippen molar-refractivity contribution in [2.24, 2.45) is 11.8 Å². The lowest BCUT2D eigenvalue weighted by Crippen LogP contribution is -2.32. The van der Waals surface area contributed by atoms with Gasteiger partial charge in [0.15, 0.2) is 5.78 Å². The molecule has 88 valence electrons. The highest BCUT2D eigenvalue weighted by Crippen LogP contribution is 2.43. The molecule has 0 spiro atoms. The number of hydrogen-bond donors (Lipinski definition) is 0. The maximum Gasteiger partial charge on any atom is 0.163 e. The van der Waals surface area contributed by atoms with Crippen LogP contribution in [0.1, 0.15) is 39.0 Å². The van der Waals surface area contributed by atoms with Gasteiger partial charge >= 0.3 is 0 Å². The van der Waals surface area contributed by atoms with Gasteiger partial charge in [0.25, 0.3) is 0 Å². The molecular weight excluding hydrogens is 198 g/mol. The number of carbonyl (C=O) groups excluding carboxylic acids is 1. The topological polar surface area (TPSA) is 20.3 Å². The SMILES string of the molecule is CC1C2=C(CCC2)C(=O)C1CN1CCCC1. The molecular formula is C14H21NO. The van der Waals surface area contributed by atoms with E-state index in [2.05, 4.69) is 11.8 Å². The molecule has 2 aliphatic carbocycles. The van der Waals surface area contributed by atoms with E-state index in [4.69, 9.17) is 0 Å². The average molecular weight is 219 g/mol. The molecule has 2 atom stereocenters. The van der Waals surface area contributed by atoms with Crippen LogP contribution >= 0.6 is 0 Å². The summed E-state index contributed by atoms with van der Waals surface area (Å²) in [5, 5.41) is 0. The Morgan fingerprint density at radius 2 is 1.94 bits per heavy atom. The maximum atomic E-state index is 12.3. The molecule has 0 saturated carbocycles. The van der Waals surface area contributed by atoms with Gasteiger partial charge < -0.3 is 4.90 Å². The van der Waals surface area contributed by atoms with Crippen molar-refractivity contribution in [2.45, 2.75) is 39.0 Å². The third kappa shape index (κ3) is 1.55. The van der Waals surface area contributed by atoms with E-state index in [0.717, 1.165) is 13.0 Å². The first-order valence-corrected chi connectivity index (χ1v) is 6.76. The number of hydrogen-bond acceptors (Lipinski definition) is 2. The molecule has 1 aliphatic heterocycles. The van der Waals surface area contributed by atoms with Gasteiger partial charge in [-0.3, -0.25) is 4.79 Å². The predicted octanol–water partition coefficient (Wildman–Crippen LogP) is 2.40. The van der Waals surface area contributed by atoms with Gasteiger partial charge in [-0.25, -0.2) is 0 Å². The molecule has 2 heteroatoms. The van der Waals surface area contributed by atoms with E-state index in [1.807, 2.05) is 0 Å². The molecule has 0 aromatic heterocycles. The van der Waals surface area contributed by atoms with Gasteiger partial charge in [0.1, 0.15) is 0 Å². The number of rotatable bonds is 2. The van der Waals surface area contributed by atoms with Crippen molar-refractivity contribution in [3.63, 3.8) is 0 Å². The average Bonchev–Trinajstić information content (AvgIpc) is 2.97. The van der Waals surface area contributed by atoms with Crippen LogP contribution in [0.25, 0.3) is 0 Å². The van der Waals surface area contributed by atoms with Crippen molar-refractivity contribution in [1.82, 2.24) is 4.90 Å². The number of ketones is 1. The first-order valence-electron chi connectivity index (χ1n) is 6.76. The monoisotopic (exact) mass is 219 g/mol. The minimum atomic E-state index is 0.295. The zero-order valence-corrected chi connectivity index (χ0v) is 10.2. The molecule has 1 saturated heterocycles. The number of carbonyl (C=O) groups is 1. The van der Waals surface area contributed by atoms with Gasteiger partial charge in [-0.05, 0) is 56.7 Å². The summed E-state index contributed by atoms with van der Waals surface area (Å²) in [6.45, 7) is 5.71. The molecule has 3 aliphatic rings. The summed E-state index contributed by atoms with van der Waals surface area (Å²) < 4.78 is 0. The first-order chi connectivity index (χ1) is 7.77. The molecule has 2 unspecified atom stereocenters. The number of allylic oxidation sites excluding steroid dienone is 2. The van der Waals surface area contributed by atoms with Gasteiger partial charge in [0.2, 0.25) is 0 Å². The summed E-state index contributed by atoms with van der Waals surface area (Å²) in [7, 11) is 0. The van der Waals surface area contributed by atoms with E-state index in [1.54, 1.807) is 0 Å². The molecule has 2 nitrogen and oxygen atoms in total. The minimum Gasteiger partial charge on any atom is -0.303 e. The molecule has 0 N–H and O–H groups in total. The Bertz CT molecular complexity index is 339. The molecule has 0 radical (unpaired) electrons. The van der Waals surface area contributed by atoms with E-state index in [0.29, 0.717) is 17.6 Å². The van der Waals surface area contributed by atoms with Crippen molar-refractivity contribution >= 4 is 5.78 Å². The lowest BCUT2D eigenvalue weighted by molar-refractivity contribution is -0.119. The van der Waals surface area contributed by atoms with Gasteiger partial charge in [-0.1, -0.05) is 12.5 Å². The molecule has 16 heavy (non-hydrogen) atoms. The van der Waals surface area contributed by atoms with Crippen LogP contribution in [0.4, 0.5) is 0 Å². The molecule has 1 fully saturated rings. The van der Waals surface area contributed by atoms with Gasteiger partial charge in [0, 0.05) is 12.5 Å². The summed E-state index contributed by atoms with van der Waals surface area (Å²) in [4.78, 5) is 14.8. The Balaban J connectivity index is 1.71. The van der Waals surface area contributed by atoms with E-state index in [-0.39, 0.29) is 0 Å². The second-order valence-electron chi connectivity index (χ2n) is 5.62. The molecule has 1 heterocycles. The highest BCUT2D eigenvalue weighted by atomic mass is 16.1. The molecule has 0 bridgehead atoms. The van der Waals surface area contributed by atoms with Crippen LogP contribution in [-0.2, 0) is 4.79 Å². The maximum absolute atomic E-state index is 12.3. The standard InChI is InChI=1S/C14H21NO/c1-10-11-5-4-6-12(11)14(16)13(10)9-15-7-2-3-8-15/h10,13H,2-9H2,1H3. The smallest absolute Gasteiger partial charge is 0.163 e. The summed E-state index contributed by atoms with van der Waals surface area (Å²) >= 11 is 0. The highest BCUT2D eigenvalue weighted by molar-refractivity contribution is 6.01. The van der Waals surface area contributed by atoms with E-state index in [1.165, 1.54) is 49.9 Å². The number of nitrogens with zero attached hydrogens (tertiary/aromatic N) is 1.